The highest BCUT2D eigenvalue weighted by molar-refractivity contribution is 5.57. The molecule has 1 nitrogen and oxygen atoms in total. The van der Waals surface area contributed by atoms with Crippen molar-refractivity contribution in [3.63, 3.8) is 0 Å². The van der Waals surface area contributed by atoms with E-state index in [1.807, 2.05) is 25.1 Å². The fraction of sp³-hybridized carbons (Fsp3) is 0.500. The van der Waals surface area contributed by atoms with Crippen molar-refractivity contribution < 1.29 is 4.39 Å². The maximum atomic E-state index is 14.3. The normalized spacial score (nSPS) is 26.2. The fourth-order valence-electron chi connectivity index (χ4n) is 2.28. The molecule has 0 amide bonds. The van der Waals surface area contributed by atoms with Crippen LogP contribution in [0.15, 0.2) is 18.2 Å². The van der Waals surface area contributed by atoms with Crippen LogP contribution in [0.25, 0.3) is 0 Å². The highest BCUT2D eigenvalue weighted by atomic mass is 19.1. The lowest BCUT2D eigenvalue weighted by Crippen LogP contribution is -2.16. The molecule has 1 N–H and O–H groups in total. The maximum absolute atomic E-state index is 14.3. The molecule has 1 aromatic rings. The molecule has 0 radical (unpaired) electrons. The maximum Gasteiger partial charge on any atom is 0.135 e. The van der Waals surface area contributed by atoms with Crippen LogP contribution in [0, 0.1) is 6.92 Å². The van der Waals surface area contributed by atoms with Crippen LogP contribution in [0.5, 0.6) is 0 Å². The van der Waals surface area contributed by atoms with E-state index in [9.17, 15) is 4.39 Å². The van der Waals surface area contributed by atoms with Gasteiger partial charge in [0.2, 0.25) is 0 Å². The Labute approximate surface area is 84.3 Å². The number of anilines is 1. The summed E-state index contributed by atoms with van der Waals surface area (Å²) >= 11 is 0. The predicted octanol–water partition coefficient (Wildman–Crippen LogP) is 3.39. The van der Waals surface area contributed by atoms with E-state index in [4.69, 9.17) is 0 Å². The number of benzene rings is 1. The third kappa shape index (κ3) is 1.49. The SMILES string of the molecule is Cc1cccc2c1C(C)(F)CCCN2. The molecule has 0 fully saturated rings. The third-order valence-electron chi connectivity index (χ3n) is 2.93. The van der Waals surface area contributed by atoms with Crippen molar-refractivity contribution in [1.29, 1.82) is 0 Å². The van der Waals surface area contributed by atoms with Gasteiger partial charge in [0, 0.05) is 17.8 Å². The smallest absolute Gasteiger partial charge is 0.135 e. The zero-order chi connectivity index (χ0) is 10.2. The molecule has 1 unspecified atom stereocenters. The molecule has 0 saturated heterocycles. The van der Waals surface area contributed by atoms with Gasteiger partial charge in [0.1, 0.15) is 5.67 Å². The average Bonchev–Trinajstić information content (AvgIpc) is 2.25. The molecule has 0 aromatic heterocycles. The van der Waals surface area contributed by atoms with E-state index in [0.717, 1.165) is 29.8 Å². The fourth-order valence-corrected chi connectivity index (χ4v) is 2.28. The lowest BCUT2D eigenvalue weighted by Gasteiger charge is -2.22. The van der Waals surface area contributed by atoms with Gasteiger partial charge in [-0.05, 0) is 38.3 Å². The molecule has 0 spiro atoms. The second-order valence-electron chi connectivity index (χ2n) is 4.23. The van der Waals surface area contributed by atoms with Crippen molar-refractivity contribution in [2.24, 2.45) is 0 Å². The van der Waals surface area contributed by atoms with E-state index < -0.39 is 5.67 Å². The van der Waals surface area contributed by atoms with Gasteiger partial charge in [0.25, 0.3) is 0 Å². The molecular formula is C12H16FN. The minimum absolute atomic E-state index is 0.609. The Hall–Kier alpha value is -1.05. The van der Waals surface area contributed by atoms with Gasteiger partial charge in [-0.3, -0.25) is 0 Å². The standard InChI is InChI=1S/C12H16FN/c1-9-5-3-6-10-11(9)12(2,13)7-4-8-14-10/h3,5-6,14H,4,7-8H2,1-2H3. The summed E-state index contributed by atoms with van der Waals surface area (Å²) in [6.45, 7) is 4.53. The first-order valence-corrected chi connectivity index (χ1v) is 5.14. The van der Waals surface area contributed by atoms with Crippen molar-refractivity contribution in [2.75, 3.05) is 11.9 Å². The van der Waals surface area contributed by atoms with Crippen LogP contribution in [0.2, 0.25) is 0 Å². The number of nitrogens with one attached hydrogen (secondary N) is 1. The molecule has 2 heteroatoms. The lowest BCUT2D eigenvalue weighted by molar-refractivity contribution is 0.177. The quantitative estimate of drug-likeness (QED) is 0.666. The molecular weight excluding hydrogens is 177 g/mol. The Kier molecular flexibility index (Phi) is 2.22. The zero-order valence-corrected chi connectivity index (χ0v) is 8.73. The van der Waals surface area contributed by atoms with Gasteiger partial charge < -0.3 is 5.32 Å². The second-order valence-corrected chi connectivity index (χ2v) is 4.23. The van der Waals surface area contributed by atoms with Crippen LogP contribution in [-0.2, 0) is 5.67 Å². The Morgan fingerprint density at radius 3 is 3.00 bits per heavy atom. The summed E-state index contributed by atoms with van der Waals surface area (Å²) in [5, 5.41) is 3.28. The van der Waals surface area contributed by atoms with Crippen LogP contribution in [0.3, 0.4) is 0 Å². The first kappa shape index (κ1) is 9.50. The molecule has 1 aromatic carbocycles. The largest absolute Gasteiger partial charge is 0.385 e. The van der Waals surface area contributed by atoms with Gasteiger partial charge in [-0.25, -0.2) is 4.39 Å². The van der Waals surface area contributed by atoms with Crippen LogP contribution in [0.1, 0.15) is 30.9 Å². The van der Waals surface area contributed by atoms with Crippen LogP contribution >= 0.6 is 0 Å². The van der Waals surface area contributed by atoms with Gasteiger partial charge in [-0.1, -0.05) is 12.1 Å². The van der Waals surface area contributed by atoms with Gasteiger partial charge in [-0.15, -0.1) is 0 Å². The molecule has 1 aliphatic rings. The Morgan fingerprint density at radius 2 is 2.21 bits per heavy atom. The van der Waals surface area contributed by atoms with E-state index >= 15 is 0 Å². The van der Waals surface area contributed by atoms with Crippen LogP contribution < -0.4 is 5.32 Å². The summed E-state index contributed by atoms with van der Waals surface area (Å²) in [7, 11) is 0. The van der Waals surface area contributed by atoms with Crippen LogP contribution in [0.4, 0.5) is 10.1 Å². The molecule has 1 heterocycles. The van der Waals surface area contributed by atoms with Gasteiger partial charge in [-0.2, -0.15) is 0 Å². The highest BCUT2D eigenvalue weighted by Gasteiger charge is 2.31. The van der Waals surface area contributed by atoms with Gasteiger partial charge >= 0.3 is 0 Å². The molecule has 0 bridgehead atoms. The van der Waals surface area contributed by atoms with Crippen molar-refractivity contribution in [2.45, 2.75) is 32.4 Å². The van der Waals surface area contributed by atoms with E-state index in [0.29, 0.717) is 6.42 Å². The van der Waals surface area contributed by atoms with Crippen molar-refractivity contribution >= 4 is 5.69 Å². The summed E-state index contributed by atoms with van der Waals surface area (Å²) in [6, 6.07) is 5.91. The first-order chi connectivity index (χ1) is 6.61. The summed E-state index contributed by atoms with van der Waals surface area (Å²) in [4.78, 5) is 0. The third-order valence-corrected chi connectivity index (χ3v) is 2.93. The molecule has 14 heavy (non-hydrogen) atoms. The average molecular weight is 193 g/mol. The van der Waals surface area contributed by atoms with E-state index in [1.165, 1.54) is 0 Å². The van der Waals surface area contributed by atoms with E-state index in [2.05, 4.69) is 5.32 Å². The minimum atomic E-state index is -1.18. The van der Waals surface area contributed by atoms with E-state index in [1.54, 1.807) is 6.92 Å². The molecule has 2 rings (SSSR count). The Morgan fingerprint density at radius 1 is 1.43 bits per heavy atom. The van der Waals surface area contributed by atoms with Gasteiger partial charge in [0.15, 0.2) is 0 Å². The minimum Gasteiger partial charge on any atom is -0.385 e. The highest BCUT2D eigenvalue weighted by Crippen LogP contribution is 2.39. The molecule has 0 saturated carbocycles. The summed E-state index contributed by atoms with van der Waals surface area (Å²) in [5.74, 6) is 0. The molecule has 0 aliphatic carbocycles. The summed E-state index contributed by atoms with van der Waals surface area (Å²) < 4.78 is 14.3. The lowest BCUT2D eigenvalue weighted by atomic mass is 9.89. The first-order valence-electron chi connectivity index (χ1n) is 5.14. The number of alkyl halides is 1. The number of hydrogen-bond acceptors (Lipinski definition) is 1. The number of fused-ring (bicyclic) bond motifs is 1. The Balaban J connectivity index is 2.58. The van der Waals surface area contributed by atoms with E-state index in [-0.39, 0.29) is 0 Å². The molecule has 76 valence electrons. The van der Waals surface area contributed by atoms with Crippen molar-refractivity contribution in [3.05, 3.63) is 29.3 Å². The van der Waals surface area contributed by atoms with Crippen molar-refractivity contribution in [3.8, 4) is 0 Å². The second kappa shape index (κ2) is 3.26. The number of hydrogen-bond donors (Lipinski definition) is 1. The Bertz CT molecular complexity index is 344. The number of halogens is 1. The van der Waals surface area contributed by atoms with Gasteiger partial charge in [0.05, 0.1) is 0 Å². The summed E-state index contributed by atoms with van der Waals surface area (Å²) in [5.41, 5.74) is 1.68. The number of aryl methyl sites for hydroxylation is 1. The monoisotopic (exact) mass is 193 g/mol. The summed E-state index contributed by atoms with van der Waals surface area (Å²) in [6.07, 6.45) is 1.50. The number of rotatable bonds is 0. The van der Waals surface area contributed by atoms with Crippen LogP contribution in [-0.4, -0.2) is 6.54 Å². The molecule has 1 atom stereocenters. The molecule has 1 aliphatic heterocycles. The van der Waals surface area contributed by atoms with Crippen molar-refractivity contribution in [1.82, 2.24) is 0 Å². The topological polar surface area (TPSA) is 12.0 Å². The predicted molar refractivity (Wildman–Crippen MR) is 57.4 cm³/mol. The zero-order valence-electron chi connectivity index (χ0n) is 8.73.